The Kier molecular flexibility index (Phi) is 3.93. The lowest BCUT2D eigenvalue weighted by Crippen LogP contribution is -2.41. The predicted molar refractivity (Wildman–Crippen MR) is 75.9 cm³/mol. The highest BCUT2D eigenvalue weighted by atomic mass is 19.1. The smallest absolute Gasteiger partial charge is 0.226 e. The van der Waals surface area contributed by atoms with Crippen molar-refractivity contribution in [2.75, 3.05) is 20.1 Å². The van der Waals surface area contributed by atoms with Crippen molar-refractivity contribution >= 4 is 5.91 Å². The predicted octanol–water partition coefficient (Wildman–Crippen LogP) is 2.28. The van der Waals surface area contributed by atoms with E-state index in [4.69, 9.17) is 0 Å². The van der Waals surface area contributed by atoms with E-state index in [0.717, 1.165) is 25.9 Å². The van der Waals surface area contributed by atoms with Crippen LogP contribution in [0.15, 0.2) is 18.2 Å². The molecule has 1 aliphatic carbocycles. The van der Waals surface area contributed by atoms with E-state index < -0.39 is 11.6 Å². The molecule has 3 atom stereocenters. The number of likely N-dealkylation sites (tertiary alicyclic amines) is 1. The SMILES string of the molecule is CNC[C@@H]1CCCN1C(=O)[C@H]1C[C@H]1c1c(F)cccc1F. The topological polar surface area (TPSA) is 32.3 Å². The molecule has 5 heteroatoms. The van der Waals surface area contributed by atoms with Crippen LogP contribution in [0.5, 0.6) is 0 Å². The molecule has 1 heterocycles. The zero-order valence-corrected chi connectivity index (χ0v) is 12.1. The summed E-state index contributed by atoms with van der Waals surface area (Å²) in [6, 6.07) is 4.10. The van der Waals surface area contributed by atoms with E-state index in [0.29, 0.717) is 6.42 Å². The molecule has 1 aromatic rings. The third-order valence-corrected chi connectivity index (χ3v) is 4.58. The molecule has 0 spiro atoms. The summed E-state index contributed by atoms with van der Waals surface area (Å²) < 4.78 is 27.6. The number of halogens is 2. The van der Waals surface area contributed by atoms with Crippen molar-refractivity contribution in [3.8, 4) is 0 Å². The Balaban J connectivity index is 1.71. The molecule has 1 saturated carbocycles. The number of likely N-dealkylation sites (N-methyl/N-ethyl adjacent to an activating group) is 1. The van der Waals surface area contributed by atoms with E-state index in [1.54, 1.807) is 0 Å². The number of hydrogen-bond acceptors (Lipinski definition) is 2. The maximum absolute atomic E-state index is 13.8. The van der Waals surface area contributed by atoms with Gasteiger partial charge >= 0.3 is 0 Å². The van der Waals surface area contributed by atoms with Crippen molar-refractivity contribution in [2.45, 2.75) is 31.2 Å². The average Bonchev–Trinajstić information content (AvgIpc) is 3.09. The monoisotopic (exact) mass is 294 g/mol. The molecule has 1 aliphatic heterocycles. The number of carbonyl (C=O) groups excluding carboxylic acids is 1. The van der Waals surface area contributed by atoms with Crippen molar-refractivity contribution in [3.63, 3.8) is 0 Å². The highest BCUT2D eigenvalue weighted by Gasteiger charge is 2.49. The van der Waals surface area contributed by atoms with Crippen LogP contribution in [0.2, 0.25) is 0 Å². The fourth-order valence-corrected chi connectivity index (χ4v) is 3.44. The lowest BCUT2D eigenvalue weighted by molar-refractivity contribution is -0.133. The van der Waals surface area contributed by atoms with Crippen LogP contribution in [0.25, 0.3) is 0 Å². The summed E-state index contributed by atoms with van der Waals surface area (Å²) >= 11 is 0. The Labute approximate surface area is 123 Å². The molecular weight excluding hydrogens is 274 g/mol. The highest BCUT2D eigenvalue weighted by molar-refractivity contribution is 5.83. The zero-order chi connectivity index (χ0) is 15.0. The minimum Gasteiger partial charge on any atom is -0.338 e. The van der Waals surface area contributed by atoms with Crippen molar-refractivity contribution in [2.24, 2.45) is 5.92 Å². The molecule has 1 N–H and O–H groups in total. The Morgan fingerprint density at radius 3 is 2.76 bits per heavy atom. The normalized spacial score (nSPS) is 28.0. The van der Waals surface area contributed by atoms with Crippen LogP contribution in [0.1, 0.15) is 30.7 Å². The Morgan fingerprint density at radius 2 is 2.10 bits per heavy atom. The van der Waals surface area contributed by atoms with Gasteiger partial charge in [-0.05, 0) is 38.4 Å². The first-order valence-corrected chi connectivity index (χ1v) is 7.52. The van der Waals surface area contributed by atoms with Gasteiger partial charge in [0.25, 0.3) is 0 Å². The first kappa shape index (κ1) is 14.4. The van der Waals surface area contributed by atoms with Gasteiger partial charge in [0, 0.05) is 36.5 Å². The first-order valence-electron chi connectivity index (χ1n) is 7.52. The lowest BCUT2D eigenvalue weighted by atomic mass is 10.1. The van der Waals surface area contributed by atoms with Gasteiger partial charge < -0.3 is 10.2 Å². The largest absolute Gasteiger partial charge is 0.338 e. The van der Waals surface area contributed by atoms with Crippen LogP contribution in [0.3, 0.4) is 0 Å². The molecule has 0 bridgehead atoms. The summed E-state index contributed by atoms with van der Waals surface area (Å²) in [5.74, 6) is -1.57. The molecule has 1 amide bonds. The molecule has 2 aliphatic rings. The van der Waals surface area contributed by atoms with Gasteiger partial charge in [-0.2, -0.15) is 0 Å². The second kappa shape index (κ2) is 5.72. The van der Waals surface area contributed by atoms with E-state index in [1.165, 1.54) is 18.2 Å². The number of amides is 1. The first-order chi connectivity index (χ1) is 10.1. The van der Waals surface area contributed by atoms with Gasteiger partial charge in [-0.25, -0.2) is 8.78 Å². The van der Waals surface area contributed by atoms with Crippen LogP contribution in [0.4, 0.5) is 8.78 Å². The second-order valence-corrected chi connectivity index (χ2v) is 5.97. The van der Waals surface area contributed by atoms with E-state index in [-0.39, 0.29) is 29.3 Å². The molecule has 0 radical (unpaired) electrons. The van der Waals surface area contributed by atoms with Gasteiger partial charge in [-0.3, -0.25) is 4.79 Å². The van der Waals surface area contributed by atoms with Crippen LogP contribution in [0, 0.1) is 17.6 Å². The third-order valence-electron chi connectivity index (χ3n) is 4.58. The molecule has 3 nitrogen and oxygen atoms in total. The van der Waals surface area contributed by atoms with Crippen molar-refractivity contribution in [1.29, 1.82) is 0 Å². The van der Waals surface area contributed by atoms with Gasteiger partial charge in [0.15, 0.2) is 0 Å². The number of nitrogens with one attached hydrogen (secondary N) is 1. The minimum atomic E-state index is -0.538. The van der Waals surface area contributed by atoms with Crippen molar-refractivity contribution in [1.82, 2.24) is 10.2 Å². The third kappa shape index (κ3) is 2.67. The molecule has 3 rings (SSSR count). The number of carbonyl (C=O) groups is 1. The van der Waals surface area contributed by atoms with Crippen LogP contribution in [-0.4, -0.2) is 37.0 Å². The van der Waals surface area contributed by atoms with Crippen LogP contribution >= 0.6 is 0 Å². The standard InChI is InChI=1S/C16H20F2N2O/c1-19-9-10-4-3-7-20(10)16(21)12-8-11(12)15-13(17)5-2-6-14(15)18/h2,5-6,10-12,19H,3-4,7-9H2,1H3/t10-,11+,12-/m0/s1. The summed E-state index contributed by atoms with van der Waals surface area (Å²) in [5, 5.41) is 3.10. The maximum Gasteiger partial charge on any atom is 0.226 e. The number of rotatable bonds is 4. The maximum atomic E-state index is 13.8. The summed E-state index contributed by atoms with van der Waals surface area (Å²) in [7, 11) is 1.87. The molecule has 21 heavy (non-hydrogen) atoms. The average molecular weight is 294 g/mol. The van der Waals surface area contributed by atoms with E-state index in [2.05, 4.69) is 5.32 Å². The van der Waals surface area contributed by atoms with Crippen molar-refractivity contribution < 1.29 is 13.6 Å². The second-order valence-electron chi connectivity index (χ2n) is 5.97. The Bertz CT molecular complexity index is 529. The number of benzene rings is 1. The van der Waals surface area contributed by atoms with E-state index in [9.17, 15) is 13.6 Å². The molecular formula is C16H20F2N2O. The zero-order valence-electron chi connectivity index (χ0n) is 12.1. The van der Waals surface area contributed by atoms with Gasteiger partial charge in [0.05, 0.1) is 0 Å². The highest BCUT2D eigenvalue weighted by Crippen LogP contribution is 2.50. The fraction of sp³-hybridized carbons (Fsp3) is 0.562. The fourth-order valence-electron chi connectivity index (χ4n) is 3.44. The van der Waals surface area contributed by atoms with Crippen LogP contribution < -0.4 is 5.32 Å². The van der Waals surface area contributed by atoms with Gasteiger partial charge in [0.2, 0.25) is 5.91 Å². The molecule has 0 aromatic heterocycles. The quantitative estimate of drug-likeness (QED) is 0.924. The Morgan fingerprint density at radius 1 is 1.38 bits per heavy atom. The molecule has 114 valence electrons. The van der Waals surface area contributed by atoms with Crippen LogP contribution in [-0.2, 0) is 4.79 Å². The molecule has 0 unspecified atom stereocenters. The molecule has 1 aromatic carbocycles. The summed E-state index contributed by atoms with van der Waals surface area (Å²) in [6.07, 6.45) is 2.56. The number of hydrogen-bond donors (Lipinski definition) is 1. The number of nitrogens with zero attached hydrogens (tertiary/aromatic N) is 1. The van der Waals surface area contributed by atoms with E-state index in [1.807, 2.05) is 11.9 Å². The van der Waals surface area contributed by atoms with E-state index >= 15 is 0 Å². The summed E-state index contributed by atoms with van der Waals surface area (Å²) in [4.78, 5) is 14.4. The van der Waals surface area contributed by atoms with Gasteiger partial charge in [-0.15, -0.1) is 0 Å². The van der Waals surface area contributed by atoms with Gasteiger partial charge in [0.1, 0.15) is 11.6 Å². The van der Waals surface area contributed by atoms with Crippen molar-refractivity contribution in [3.05, 3.63) is 35.4 Å². The lowest BCUT2D eigenvalue weighted by Gasteiger charge is -2.24. The molecule has 2 fully saturated rings. The summed E-state index contributed by atoms with van der Waals surface area (Å²) in [5.41, 5.74) is 0.0835. The summed E-state index contributed by atoms with van der Waals surface area (Å²) in [6.45, 7) is 1.53. The molecule has 1 saturated heterocycles. The Hall–Kier alpha value is -1.49. The van der Waals surface area contributed by atoms with Gasteiger partial charge in [-0.1, -0.05) is 6.07 Å². The minimum absolute atomic E-state index is 0.0559.